The van der Waals surface area contributed by atoms with Gasteiger partial charge >= 0.3 is 0 Å². The molecule has 0 fully saturated rings. The number of aromatic nitrogens is 1. The monoisotopic (exact) mass is 208 g/mol. The maximum Gasteiger partial charge on any atom is 0.0939 e. The van der Waals surface area contributed by atoms with Crippen LogP contribution in [-0.2, 0) is 0 Å². The van der Waals surface area contributed by atoms with E-state index in [1.54, 1.807) is 0 Å². The first kappa shape index (κ1) is 9.16. The fourth-order valence-corrected chi connectivity index (χ4v) is 1.95. The number of anilines is 1. The van der Waals surface area contributed by atoms with Gasteiger partial charge in [-0.3, -0.25) is 4.98 Å². The molecule has 0 unspecified atom stereocenters. The molecule has 2 aromatic rings. The molecule has 0 aliphatic carbocycles. The zero-order valence-electron chi connectivity index (χ0n) is 8.85. The van der Waals surface area contributed by atoms with Crippen LogP contribution in [0.1, 0.15) is 5.56 Å². The van der Waals surface area contributed by atoms with E-state index in [0.717, 1.165) is 17.7 Å². The van der Waals surface area contributed by atoms with Gasteiger partial charge in [0.15, 0.2) is 0 Å². The van der Waals surface area contributed by atoms with Crippen molar-refractivity contribution in [2.24, 2.45) is 0 Å². The number of allylic oxidation sites excluding steroid dienone is 2. The van der Waals surface area contributed by atoms with E-state index in [-0.39, 0.29) is 0 Å². The fourth-order valence-electron chi connectivity index (χ4n) is 1.95. The quantitative estimate of drug-likeness (QED) is 0.719. The van der Waals surface area contributed by atoms with Gasteiger partial charge in [0, 0.05) is 18.1 Å². The summed E-state index contributed by atoms with van der Waals surface area (Å²) in [5.74, 6) is 0. The molecule has 1 aromatic heterocycles. The summed E-state index contributed by atoms with van der Waals surface area (Å²) in [5.41, 5.74) is 3.36. The van der Waals surface area contributed by atoms with Crippen molar-refractivity contribution in [3.63, 3.8) is 0 Å². The number of nitrogens with zero attached hydrogens (tertiary/aromatic N) is 1. The first-order valence-electron chi connectivity index (χ1n) is 5.40. The van der Waals surface area contributed by atoms with Crippen LogP contribution in [0, 0.1) is 0 Å². The molecular formula is C14H12N2. The molecule has 0 radical (unpaired) electrons. The van der Waals surface area contributed by atoms with Crippen LogP contribution in [0.2, 0.25) is 0 Å². The van der Waals surface area contributed by atoms with Crippen molar-refractivity contribution >= 4 is 22.7 Å². The van der Waals surface area contributed by atoms with E-state index < -0.39 is 0 Å². The number of benzene rings is 1. The normalized spacial score (nSPS) is 18.0. The highest BCUT2D eigenvalue weighted by Crippen LogP contribution is 2.27. The minimum atomic E-state index is 0.840. The second-order valence-electron chi connectivity index (χ2n) is 3.77. The summed E-state index contributed by atoms with van der Waals surface area (Å²) in [5, 5.41) is 4.58. The molecule has 2 heteroatoms. The van der Waals surface area contributed by atoms with Crippen molar-refractivity contribution in [2.45, 2.75) is 0 Å². The van der Waals surface area contributed by atoms with E-state index in [1.807, 2.05) is 12.3 Å². The second-order valence-corrected chi connectivity index (χ2v) is 3.77. The van der Waals surface area contributed by atoms with Crippen LogP contribution in [-0.4, -0.2) is 11.5 Å². The predicted octanol–water partition coefficient (Wildman–Crippen LogP) is 3.23. The third kappa shape index (κ3) is 1.48. The summed E-state index contributed by atoms with van der Waals surface area (Å²) in [4.78, 5) is 4.45. The van der Waals surface area contributed by atoms with Gasteiger partial charge in [-0.25, -0.2) is 0 Å². The van der Waals surface area contributed by atoms with E-state index in [1.165, 1.54) is 10.9 Å². The van der Waals surface area contributed by atoms with Crippen molar-refractivity contribution in [1.82, 2.24) is 4.98 Å². The van der Waals surface area contributed by atoms with E-state index in [9.17, 15) is 0 Å². The van der Waals surface area contributed by atoms with Gasteiger partial charge in [0.1, 0.15) is 0 Å². The Morgan fingerprint density at radius 3 is 3.12 bits per heavy atom. The van der Waals surface area contributed by atoms with Crippen molar-refractivity contribution < 1.29 is 0 Å². The molecule has 0 spiro atoms. The van der Waals surface area contributed by atoms with Crippen LogP contribution in [0.3, 0.4) is 0 Å². The lowest BCUT2D eigenvalue weighted by Crippen LogP contribution is -2.02. The summed E-state index contributed by atoms with van der Waals surface area (Å²) >= 11 is 0. The lowest BCUT2D eigenvalue weighted by Gasteiger charge is -2.12. The number of rotatable bonds is 0. The molecule has 1 aromatic carbocycles. The van der Waals surface area contributed by atoms with E-state index in [0.29, 0.717) is 0 Å². The van der Waals surface area contributed by atoms with Crippen LogP contribution in [0.15, 0.2) is 48.7 Å². The molecule has 2 heterocycles. The molecule has 1 aliphatic heterocycles. The largest absolute Gasteiger partial charge is 0.379 e. The average Bonchev–Trinajstić information content (AvgIpc) is 2.29. The van der Waals surface area contributed by atoms with Gasteiger partial charge in [0.05, 0.1) is 11.2 Å². The van der Waals surface area contributed by atoms with Gasteiger partial charge in [-0.05, 0) is 11.6 Å². The summed E-state index contributed by atoms with van der Waals surface area (Å²) in [7, 11) is 0. The van der Waals surface area contributed by atoms with Gasteiger partial charge < -0.3 is 5.32 Å². The highest BCUT2D eigenvalue weighted by atomic mass is 14.9. The smallest absolute Gasteiger partial charge is 0.0939 e. The molecule has 1 N–H and O–H groups in total. The fraction of sp³-hybridized carbons (Fsp3) is 0.0714. The molecule has 16 heavy (non-hydrogen) atoms. The van der Waals surface area contributed by atoms with Crippen molar-refractivity contribution in [1.29, 1.82) is 0 Å². The Hall–Kier alpha value is -2.09. The first-order chi connectivity index (χ1) is 7.95. The van der Waals surface area contributed by atoms with Crippen LogP contribution >= 0.6 is 0 Å². The lowest BCUT2D eigenvalue weighted by atomic mass is 10.1. The first-order valence-corrected chi connectivity index (χ1v) is 5.40. The van der Waals surface area contributed by atoms with Crippen LogP contribution < -0.4 is 5.32 Å². The van der Waals surface area contributed by atoms with Crippen LogP contribution in [0.5, 0.6) is 0 Å². The number of fused-ring (bicyclic) bond motifs is 3. The van der Waals surface area contributed by atoms with Gasteiger partial charge in [-0.2, -0.15) is 0 Å². The number of pyridine rings is 1. The molecule has 0 atom stereocenters. The predicted molar refractivity (Wildman–Crippen MR) is 68.4 cm³/mol. The zero-order valence-corrected chi connectivity index (χ0v) is 8.85. The van der Waals surface area contributed by atoms with Crippen LogP contribution in [0.4, 0.5) is 5.69 Å². The standard InChI is InChI=1S/C14H12N2/c1-2-5-11-7-8-12-6-4-10-16-14(12)13(11)15-9-3-1/h1-8,10,15H,9H2/b3-1+,5-2-. The van der Waals surface area contributed by atoms with Gasteiger partial charge in [-0.1, -0.05) is 42.5 Å². The van der Waals surface area contributed by atoms with E-state index >= 15 is 0 Å². The maximum atomic E-state index is 4.45. The Bertz CT molecular complexity index is 582. The molecular weight excluding hydrogens is 196 g/mol. The minimum absolute atomic E-state index is 0.840. The van der Waals surface area contributed by atoms with Crippen LogP contribution in [0.25, 0.3) is 17.0 Å². The lowest BCUT2D eigenvalue weighted by molar-refractivity contribution is 1.31. The van der Waals surface area contributed by atoms with E-state index in [4.69, 9.17) is 0 Å². The minimum Gasteiger partial charge on any atom is -0.379 e. The number of nitrogens with one attached hydrogen (secondary N) is 1. The summed E-state index contributed by atoms with van der Waals surface area (Å²) in [6.45, 7) is 0.840. The maximum absolute atomic E-state index is 4.45. The van der Waals surface area contributed by atoms with E-state index in [2.05, 4.69) is 52.8 Å². The SMILES string of the molecule is C1=C\c2ccc3cccnc3c2NC/C=C/1. The summed E-state index contributed by atoms with van der Waals surface area (Å²) in [6.07, 6.45) is 10.2. The van der Waals surface area contributed by atoms with Crippen molar-refractivity contribution in [2.75, 3.05) is 11.9 Å². The van der Waals surface area contributed by atoms with Gasteiger partial charge in [0.25, 0.3) is 0 Å². The molecule has 2 nitrogen and oxygen atoms in total. The topological polar surface area (TPSA) is 24.9 Å². The van der Waals surface area contributed by atoms with Crippen molar-refractivity contribution in [3.8, 4) is 0 Å². The average molecular weight is 208 g/mol. The Labute approximate surface area is 94.3 Å². The molecule has 3 rings (SSSR count). The zero-order chi connectivity index (χ0) is 10.8. The summed E-state index contributed by atoms with van der Waals surface area (Å²) in [6, 6.07) is 8.29. The second kappa shape index (κ2) is 3.81. The molecule has 0 amide bonds. The molecule has 0 bridgehead atoms. The Kier molecular flexibility index (Phi) is 2.18. The molecule has 1 aliphatic rings. The Morgan fingerprint density at radius 1 is 1.12 bits per heavy atom. The summed E-state index contributed by atoms with van der Waals surface area (Å²) < 4.78 is 0. The molecule has 0 saturated heterocycles. The number of hydrogen-bond acceptors (Lipinski definition) is 2. The van der Waals surface area contributed by atoms with Crippen molar-refractivity contribution in [3.05, 3.63) is 54.3 Å². The third-order valence-corrected chi connectivity index (χ3v) is 2.73. The Balaban J connectivity index is 2.29. The number of hydrogen-bond donors (Lipinski definition) is 1. The highest BCUT2D eigenvalue weighted by molar-refractivity contribution is 5.95. The van der Waals surface area contributed by atoms with Gasteiger partial charge in [0.2, 0.25) is 0 Å². The third-order valence-electron chi connectivity index (χ3n) is 2.73. The van der Waals surface area contributed by atoms with Gasteiger partial charge in [-0.15, -0.1) is 0 Å². The molecule has 78 valence electrons. The Morgan fingerprint density at radius 2 is 2.12 bits per heavy atom. The highest BCUT2D eigenvalue weighted by Gasteiger charge is 2.06. The molecule has 0 saturated carbocycles.